The van der Waals surface area contributed by atoms with E-state index in [1.807, 2.05) is 30.1 Å². The maximum absolute atomic E-state index is 12.1. The van der Waals surface area contributed by atoms with Crippen molar-refractivity contribution in [3.05, 3.63) is 24.3 Å². The Bertz CT molecular complexity index is 302. The average Bonchev–Trinajstić information content (AvgIpc) is 2.37. The van der Waals surface area contributed by atoms with Crippen molar-refractivity contribution in [3.8, 4) is 0 Å². The van der Waals surface area contributed by atoms with Crippen molar-refractivity contribution in [2.45, 2.75) is 52.1 Å². The van der Waals surface area contributed by atoms with E-state index in [4.69, 9.17) is 0 Å². The summed E-state index contributed by atoms with van der Waals surface area (Å²) in [6.07, 6.45) is 11.0. The first-order chi connectivity index (χ1) is 8.65. The van der Waals surface area contributed by atoms with Crippen molar-refractivity contribution in [1.82, 2.24) is 10.2 Å². The number of allylic oxidation sites excluding steroid dienone is 3. The number of hydrogen-bond donors (Lipinski definition) is 1. The van der Waals surface area contributed by atoms with Gasteiger partial charge >= 0.3 is 0 Å². The molecule has 0 saturated carbocycles. The van der Waals surface area contributed by atoms with Crippen LogP contribution in [0.2, 0.25) is 0 Å². The molecule has 1 saturated heterocycles. The van der Waals surface area contributed by atoms with Gasteiger partial charge in [0.05, 0.1) is 0 Å². The molecule has 0 radical (unpaired) electrons. The van der Waals surface area contributed by atoms with Crippen LogP contribution >= 0.6 is 0 Å². The van der Waals surface area contributed by atoms with E-state index in [0.717, 1.165) is 13.1 Å². The molecule has 0 bridgehead atoms. The van der Waals surface area contributed by atoms with E-state index < -0.39 is 0 Å². The Morgan fingerprint density at radius 2 is 2.17 bits per heavy atom. The highest BCUT2D eigenvalue weighted by Crippen LogP contribution is 2.11. The van der Waals surface area contributed by atoms with E-state index >= 15 is 0 Å². The van der Waals surface area contributed by atoms with Crippen LogP contribution in [0, 0.1) is 0 Å². The van der Waals surface area contributed by atoms with Crippen LogP contribution in [0.25, 0.3) is 0 Å². The summed E-state index contributed by atoms with van der Waals surface area (Å²) in [5.41, 5.74) is 0. The third-order valence-corrected chi connectivity index (χ3v) is 3.28. The lowest BCUT2D eigenvalue weighted by molar-refractivity contribution is -0.128. The fourth-order valence-corrected chi connectivity index (χ4v) is 2.22. The molecule has 3 nitrogen and oxygen atoms in total. The lowest BCUT2D eigenvalue weighted by Crippen LogP contribution is -2.47. The smallest absolute Gasteiger partial charge is 0.246 e. The van der Waals surface area contributed by atoms with Gasteiger partial charge in [0.1, 0.15) is 0 Å². The van der Waals surface area contributed by atoms with Crippen LogP contribution in [-0.4, -0.2) is 36.0 Å². The maximum Gasteiger partial charge on any atom is 0.246 e. The lowest BCUT2D eigenvalue weighted by atomic mass is 10.0. The molecule has 1 amide bonds. The molecule has 1 aliphatic heterocycles. The largest absolute Gasteiger partial charge is 0.335 e. The van der Waals surface area contributed by atoms with Gasteiger partial charge in [0.15, 0.2) is 0 Å². The van der Waals surface area contributed by atoms with E-state index in [-0.39, 0.29) is 11.9 Å². The normalized spacial score (nSPS) is 21.0. The van der Waals surface area contributed by atoms with Gasteiger partial charge in [-0.05, 0) is 40.2 Å². The fraction of sp³-hybridized carbons (Fsp3) is 0.667. The number of carbonyl (C=O) groups is 1. The first-order valence-electron chi connectivity index (χ1n) is 6.98. The number of hydrogen-bond acceptors (Lipinski definition) is 2. The van der Waals surface area contributed by atoms with Crippen LogP contribution in [0.1, 0.15) is 40.0 Å². The fourth-order valence-electron chi connectivity index (χ4n) is 2.22. The second-order valence-electron chi connectivity index (χ2n) is 5.12. The third-order valence-electron chi connectivity index (χ3n) is 3.28. The number of carbonyl (C=O) groups excluding carboxylic acids is 1. The van der Waals surface area contributed by atoms with E-state index in [2.05, 4.69) is 19.2 Å². The summed E-state index contributed by atoms with van der Waals surface area (Å²) < 4.78 is 0. The van der Waals surface area contributed by atoms with E-state index in [0.29, 0.717) is 6.04 Å². The zero-order chi connectivity index (χ0) is 13.4. The average molecular weight is 250 g/mol. The molecule has 0 aromatic rings. The highest BCUT2D eigenvalue weighted by Gasteiger charge is 2.20. The van der Waals surface area contributed by atoms with Crippen molar-refractivity contribution >= 4 is 5.91 Å². The molecule has 0 spiro atoms. The van der Waals surface area contributed by atoms with Gasteiger partial charge < -0.3 is 10.2 Å². The Morgan fingerprint density at radius 1 is 1.39 bits per heavy atom. The first kappa shape index (κ1) is 15.0. The Balaban J connectivity index is 2.55. The molecule has 0 aliphatic carbocycles. The van der Waals surface area contributed by atoms with Gasteiger partial charge in [-0.2, -0.15) is 0 Å². The van der Waals surface area contributed by atoms with Gasteiger partial charge in [-0.15, -0.1) is 0 Å². The highest BCUT2D eigenvalue weighted by atomic mass is 16.2. The molecule has 1 rings (SSSR count). The van der Waals surface area contributed by atoms with Crippen molar-refractivity contribution in [3.63, 3.8) is 0 Å². The van der Waals surface area contributed by atoms with Crippen LogP contribution < -0.4 is 5.32 Å². The Kier molecular flexibility index (Phi) is 6.73. The number of nitrogens with one attached hydrogen (secondary N) is 1. The SMILES string of the molecule is CC=CC=CC(=O)N(CC1CCCCN1)C(C)C. The first-order valence-corrected chi connectivity index (χ1v) is 6.98. The molecule has 0 aromatic heterocycles. The molecule has 18 heavy (non-hydrogen) atoms. The Morgan fingerprint density at radius 3 is 2.72 bits per heavy atom. The van der Waals surface area contributed by atoms with Gasteiger partial charge in [-0.25, -0.2) is 0 Å². The summed E-state index contributed by atoms with van der Waals surface area (Å²) in [4.78, 5) is 14.1. The van der Waals surface area contributed by atoms with Gasteiger partial charge in [0, 0.05) is 24.7 Å². The second kappa shape index (κ2) is 8.09. The summed E-state index contributed by atoms with van der Waals surface area (Å²) in [5.74, 6) is 0.107. The van der Waals surface area contributed by atoms with Crippen LogP contribution in [0.3, 0.4) is 0 Å². The summed E-state index contributed by atoms with van der Waals surface area (Å²) in [7, 11) is 0. The van der Waals surface area contributed by atoms with Crippen molar-refractivity contribution in [2.75, 3.05) is 13.1 Å². The van der Waals surface area contributed by atoms with Crippen LogP contribution in [0.5, 0.6) is 0 Å². The maximum atomic E-state index is 12.1. The number of amides is 1. The summed E-state index contributed by atoms with van der Waals surface area (Å²) in [5, 5.41) is 3.49. The standard InChI is InChI=1S/C15H26N2O/c1-4-5-6-10-15(18)17(13(2)3)12-14-9-7-8-11-16-14/h4-6,10,13-14,16H,7-9,11-12H2,1-3H3. The van der Waals surface area contributed by atoms with E-state index in [1.165, 1.54) is 19.3 Å². The number of piperidine rings is 1. The van der Waals surface area contributed by atoms with Crippen LogP contribution in [0.4, 0.5) is 0 Å². The van der Waals surface area contributed by atoms with Crippen LogP contribution in [0.15, 0.2) is 24.3 Å². The van der Waals surface area contributed by atoms with Gasteiger partial charge in [-0.1, -0.05) is 24.6 Å². The molecule has 0 aromatic carbocycles. The summed E-state index contributed by atoms with van der Waals surface area (Å²) in [6, 6.07) is 0.705. The second-order valence-corrected chi connectivity index (χ2v) is 5.12. The Hall–Kier alpha value is -1.09. The molecule has 1 fully saturated rings. The van der Waals surface area contributed by atoms with Gasteiger partial charge in [0.25, 0.3) is 0 Å². The number of rotatable bonds is 5. The van der Waals surface area contributed by atoms with Crippen molar-refractivity contribution in [1.29, 1.82) is 0 Å². The zero-order valence-electron chi connectivity index (χ0n) is 11.9. The molecular formula is C15H26N2O. The Labute approximate surface area is 111 Å². The van der Waals surface area contributed by atoms with Crippen molar-refractivity contribution < 1.29 is 4.79 Å². The molecule has 1 heterocycles. The van der Waals surface area contributed by atoms with E-state index in [9.17, 15) is 4.79 Å². The third kappa shape index (κ3) is 5.05. The van der Waals surface area contributed by atoms with Gasteiger partial charge in [0.2, 0.25) is 5.91 Å². The molecule has 102 valence electrons. The zero-order valence-corrected chi connectivity index (χ0v) is 11.9. The van der Waals surface area contributed by atoms with Gasteiger partial charge in [-0.3, -0.25) is 4.79 Å². The molecule has 1 unspecified atom stereocenters. The molecule has 3 heteroatoms. The lowest BCUT2D eigenvalue weighted by Gasteiger charge is -2.32. The van der Waals surface area contributed by atoms with Crippen LogP contribution in [-0.2, 0) is 4.79 Å². The minimum absolute atomic E-state index is 0.107. The molecule has 1 atom stereocenters. The monoisotopic (exact) mass is 250 g/mol. The summed E-state index contributed by atoms with van der Waals surface area (Å²) >= 11 is 0. The molecule has 1 aliphatic rings. The molecular weight excluding hydrogens is 224 g/mol. The minimum atomic E-state index is 0.107. The molecule has 1 N–H and O–H groups in total. The predicted molar refractivity (Wildman–Crippen MR) is 76.4 cm³/mol. The van der Waals surface area contributed by atoms with Crippen molar-refractivity contribution in [2.24, 2.45) is 0 Å². The quantitative estimate of drug-likeness (QED) is 0.600. The minimum Gasteiger partial charge on any atom is -0.335 e. The highest BCUT2D eigenvalue weighted by molar-refractivity contribution is 5.88. The summed E-state index contributed by atoms with van der Waals surface area (Å²) in [6.45, 7) is 7.99. The topological polar surface area (TPSA) is 32.3 Å². The predicted octanol–water partition coefficient (Wildman–Crippen LogP) is 2.50. The van der Waals surface area contributed by atoms with E-state index in [1.54, 1.807) is 6.08 Å². The number of nitrogens with zero attached hydrogens (tertiary/aromatic N) is 1.